The van der Waals surface area contributed by atoms with Crippen molar-refractivity contribution in [2.45, 2.75) is 72.8 Å². The molecule has 0 spiro atoms. The zero-order chi connectivity index (χ0) is 34.2. The van der Waals surface area contributed by atoms with E-state index in [1.807, 2.05) is 34.6 Å². The molecule has 3 rings (SSSR count). The van der Waals surface area contributed by atoms with E-state index >= 15 is 0 Å². The average Bonchev–Trinajstić information content (AvgIpc) is 3.00. The smallest absolute Gasteiger partial charge is 0.303 e. The van der Waals surface area contributed by atoms with Crippen LogP contribution >= 0.6 is 11.6 Å². The Morgan fingerprint density at radius 2 is 1.67 bits per heavy atom. The number of benzene rings is 2. The number of carboxylic acids is 1. The number of carbonyl (C=O) groups excluding carboxylic acids is 2. The van der Waals surface area contributed by atoms with Crippen LogP contribution in [0, 0.1) is 16.7 Å². The zero-order valence-corrected chi connectivity index (χ0v) is 28.6. The molecule has 2 amide bonds. The van der Waals surface area contributed by atoms with E-state index in [0.29, 0.717) is 48.5 Å². The van der Waals surface area contributed by atoms with Gasteiger partial charge in [0.25, 0.3) is 0 Å². The van der Waals surface area contributed by atoms with Crippen molar-refractivity contribution in [1.29, 1.82) is 0 Å². The van der Waals surface area contributed by atoms with Crippen LogP contribution in [0.1, 0.15) is 84.0 Å². The van der Waals surface area contributed by atoms with Crippen molar-refractivity contribution in [2.75, 3.05) is 44.9 Å². The monoisotopic (exact) mass is 660 g/mol. The molecule has 1 heterocycles. The van der Waals surface area contributed by atoms with Crippen molar-refractivity contribution in [3.63, 3.8) is 0 Å². The lowest BCUT2D eigenvalue weighted by Crippen LogP contribution is -2.41. The van der Waals surface area contributed by atoms with E-state index in [1.165, 1.54) is 7.11 Å². The minimum Gasteiger partial charge on any atom is -0.496 e. The van der Waals surface area contributed by atoms with Crippen molar-refractivity contribution in [3.05, 3.63) is 52.5 Å². The Labute approximate surface area is 277 Å². The van der Waals surface area contributed by atoms with Gasteiger partial charge in [0, 0.05) is 66.5 Å². The maximum atomic E-state index is 14.2. The Morgan fingerprint density at radius 3 is 2.26 bits per heavy atom. The standard InChI is InChI=1S/C35H49ClN2O8/c1-34(2,3)20-38(30(41)12-11-29(40)37-15-13-23(14-16-37)17-31(42)43)32-26(33(44)25-9-7-8-10-27(25)45-6)18-24(36)19-28(32)46-22-35(4,5)21-39/h7-10,18-19,23,33,39,44H,11-17,20-22H2,1-6H3,(H,42,43)/t33-/m1/s1. The number of aliphatic hydroxyl groups is 2. The van der Waals surface area contributed by atoms with Gasteiger partial charge in [-0.15, -0.1) is 0 Å². The summed E-state index contributed by atoms with van der Waals surface area (Å²) in [6.07, 6.45) is -0.0364. The van der Waals surface area contributed by atoms with E-state index < -0.39 is 17.5 Å². The molecule has 0 radical (unpaired) electrons. The van der Waals surface area contributed by atoms with Crippen molar-refractivity contribution in [1.82, 2.24) is 4.90 Å². The molecule has 2 aromatic carbocycles. The first-order valence-electron chi connectivity index (χ1n) is 15.7. The van der Waals surface area contributed by atoms with Crippen LogP contribution in [0.3, 0.4) is 0 Å². The van der Waals surface area contributed by atoms with Crippen LogP contribution in [0.15, 0.2) is 36.4 Å². The fourth-order valence-electron chi connectivity index (χ4n) is 5.49. The SMILES string of the molecule is COc1ccccc1[C@@H](O)c1cc(Cl)cc(OCC(C)(C)CO)c1N(CC(C)(C)C)C(=O)CCC(=O)N1CCC(CC(=O)O)CC1. The number of methoxy groups -OCH3 is 1. The van der Waals surface area contributed by atoms with Gasteiger partial charge < -0.3 is 34.6 Å². The Morgan fingerprint density at radius 1 is 1.02 bits per heavy atom. The quantitative estimate of drug-likeness (QED) is 0.235. The predicted molar refractivity (Wildman–Crippen MR) is 177 cm³/mol. The molecule has 46 heavy (non-hydrogen) atoms. The number of likely N-dealkylation sites (tertiary alicyclic amines) is 1. The average molecular weight is 661 g/mol. The minimum absolute atomic E-state index is 0.0191. The molecular weight excluding hydrogens is 612 g/mol. The number of carboxylic acid groups (broad SMARTS) is 1. The molecule has 3 N–H and O–H groups in total. The topological polar surface area (TPSA) is 137 Å². The maximum absolute atomic E-state index is 14.2. The fraction of sp³-hybridized carbons (Fsp3) is 0.571. The third-order valence-electron chi connectivity index (χ3n) is 8.03. The highest BCUT2D eigenvalue weighted by molar-refractivity contribution is 6.31. The van der Waals surface area contributed by atoms with Gasteiger partial charge in [0.2, 0.25) is 11.8 Å². The van der Waals surface area contributed by atoms with Crippen molar-refractivity contribution in [2.24, 2.45) is 16.7 Å². The molecule has 11 heteroatoms. The van der Waals surface area contributed by atoms with Gasteiger partial charge in [-0.1, -0.05) is 64.4 Å². The molecule has 1 atom stereocenters. The van der Waals surface area contributed by atoms with Gasteiger partial charge >= 0.3 is 5.97 Å². The second kappa shape index (κ2) is 16.0. The lowest BCUT2D eigenvalue weighted by Gasteiger charge is -2.35. The van der Waals surface area contributed by atoms with Crippen LogP contribution in [0.25, 0.3) is 0 Å². The van der Waals surface area contributed by atoms with Gasteiger partial charge in [-0.05, 0) is 36.3 Å². The molecule has 1 fully saturated rings. The van der Waals surface area contributed by atoms with E-state index in [0.717, 1.165) is 0 Å². The highest BCUT2D eigenvalue weighted by Crippen LogP contribution is 2.44. The summed E-state index contributed by atoms with van der Waals surface area (Å²) in [6, 6.07) is 10.2. The van der Waals surface area contributed by atoms with Crippen LogP contribution in [0.4, 0.5) is 5.69 Å². The summed E-state index contributed by atoms with van der Waals surface area (Å²) in [4.78, 5) is 41.7. The third kappa shape index (κ3) is 10.3. The van der Waals surface area contributed by atoms with Crippen molar-refractivity contribution in [3.8, 4) is 11.5 Å². The van der Waals surface area contributed by atoms with Gasteiger partial charge in [0.15, 0.2) is 0 Å². The number of hydrogen-bond acceptors (Lipinski definition) is 7. The highest BCUT2D eigenvalue weighted by atomic mass is 35.5. The second-order valence-corrected chi connectivity index (χ2v) is 14.5. The minimum atomic E-state index is -1.25. The molecule has 0 aromatic heterocycles. The molecule has 1 aliphatic rings. The summed E-state index contributed by atoms with van der Waals surface area (Å²) in [5.74, 6) is -0.568. The second-order valence-electron chi connectivity index (χ2n) is 14.1. The zero-order valence-electron chi connectivity index (χ0n) is 27.8. The summed E-state index contributed by atoms with van der Waals surface area (Å²) in [5, 5.41) is 31.1. The van der Waals surface area contributed by atoms with Crippen molar-refractivity contribution >= 4 is 35.1 Å². The number of aliphatic hydroxyl groups excluding tert-OH is 2. The summed E-state index contributed by atoms with van der Waals surface area (Å²) in [7, 11) is 1.51. The molecule has 2 aromatic rings. The van der Waals surface area contributed by atoms with Gasteiger partial charge in [-0.3, -0.25) is 14.4 Å². The summed E-state index contributed by atoms with van der Waals surface area (Å²) in [6.45, 7) is 10.8. The Bertz CT molecular complexity index is 1360. The molecule has 1 saturated heterocycles. The number of anilines is 1. The van der Waals surface area contributed by atoms with Crippen LogP contribution in [-0.4, -0.2) is 78.0 Å². The molecule has 1 aliphatic heterocycles. The normalized spacial score (nSPS) is 14.9. The maximum Gasteiger partial charge on any atom is 0.303 e. The molecule has 0 unspecified atom stereocenters. The van der Waals surface area contributed by atoms with Gasteiger partial charge in [-0.2, -0.15) is 0 Å². The summed E-state index contributed by atoms with van der Waals surface area (Å²) >= 11 is 6.60. The third-order valence-corrected chi connectivity index (χ3v) is 8.25. The fourth-order valence-corrected chi connectivity index (χ4v) is 5.70. The Kier molecular flexibility index (Phi) is 12.9. The number of amides is 2. The van der Waals surface area contributed by atoms with Crippen LogP contribution in [0.2, 0.25) is 5.02 Å². The summed E-state index contributed by atoms with van der Waals surface area (Å²) in [5.41, 5.74) is 0.139. The van der Waals surface area contributed by atoms with E-state index in [-0.39, 0.29) is 72.9 Å². The first-order valence-corrected chi connectivity index (χ1v) is 16.1. The lowest BCUT2D eigenvalue weighted by atomic mass is 9.92. The number of aliphatic carboxylic acids is 1. The number of piperidine rings is 1. The number of nitrogens with zero attached hydrogens (tertiary/aromatic N) is 2. The van der Waals surface area contributed by atoms with Gasteiger partial charge in [0.1, 0.15) is 17.6 Å². The molecule has 0 bridgehead atoms. The molecule has 254 valence electrons. The van der Waals surface area contributed by atoms with Gasteiger partial charge in [-0.25, -0.2) is 0 Å². The predicted octanol–water partition coefficient (Wildman–Crippen LogP) is 5.70. The molecule has 0 aliphatic carbocycles. The van der Waals surface area contributed by atoms with Gasteiger partial charge in [0.05, 0.1) is 26.0 Å². The number of para-hydroxylation sites is 1. The number of halogens is 1. The molecule has 10 nitrogen and oxygen atoms in total. The van der Waals surface area contributed by atoms with Crippen molar-refractivity contribution < 1.29 is 39.2 Å². The van der Waals surface area contributed by atoms with E-state index in [4.69, 9.17) is 26.2 Å². The first-order chi connectivity index (χ1) is 21.5. The van der Waals surface area contributed by atoms with E-state index in [2.05, 4.69) is 0 Å². The van der Waals surface area contributed by atoms with Crippen LogP contribution in [-0.2, 0) is 14.4 Å². The molecular formula is C35H49ClN2O8. The highest BCUT2D eigenvalue weighted by Gasteiger charge is 2.33. The van der Waals surface area contributed by atoms with Crippen LogP contribution in [0.5, 0.6) is 11.5 Å². The summed E-state index contributed by atoms with van der Waals surface area (Å²) < 4.78 is 11.8. The first kappa shape index (κ1) is 37.1. The number of carbonyl (C=O) groups is 3. The van der Waals surface area contributed by atoms with Crippen LogP contribution < -0.4 is 14.4 Å². The Balaban J connectivity index is 2.01. The number of ether oxygens (including phenoxy) is 2. The Hall–Kier alpha value is -3.34. The van der Waals surface area contributed by atoms with E-state index in [9.17, 15) is 24.6 Å². The molecule has 0 saturated carbocycles. The number of rotatable bonds is 14. The number of hydrogen-bond donors (Lipinski definition) is 3. The van der Waals surface area contributed by atoms with E-state index in [1.54, 1.807) is 46.2 Å². The largest absolute Gasteiger partial charge is 0.496 e. The lowest BCUT2D eigenvalue weighted by molar-refractivity contribution is -0.139.